The van der Waals surface area contributed by atoms with E-state index in [4.69, 9.17) is 0 Å². The Bertz CT molecular complexity index is 1820. The molecule has 0 spiro atoms. The molecule has 0 bridgehead atoms. The quantitative estimate of drug-likeness (QED) is 0.109. The zero-order valence-electron chi connectivity index (χ0n) is 22.1. The minimum atomic E-state index is -7.02. The molecule has 0 aromatic heterocycles. The normalized spacial score (nSPS) is 18.9. The van der Waals surface area contributed by atoms with Gasteiger partial charge in [-0.25, -0.2) is 83.4 Å². The van der Waals surface area contributed by atoms with Gasteiger partial charge in [-0.2, -0.15) is 0 Å². The Morgan fingerprint density at radius 3 is 1.04 bits per heavy atom. The van der Waals surface area contributed by atoms with Crippen LogP contribution in [0.5, 0.6) is 0 Å². The molecule has 20 heteroatoms. The Morgan fingerprint density at radius 1 is 0.468 bits per heavy atom. The van der Waals surface area contributed by atoms with Crippen molar-refractivity contribution in [2.24, 2.45) is 0 Å². The summed E-state index contributed by atoms with van der Waals surface area (Å²) in [5, 5.41) is 0. The number of alkyl halides is 1. The Balaban J connectivity index is 2.65. The van der Waals surface area contributed by atoms with Gasteiger partial charge in [0.15, 0.2) is 64.0 Å². The van der Waals surface area contributed by atoms with E-state index in [0.29, 0.717) is 0 Å². The van der Waals surface area contributed by atoms with Crippen LogP contribution in [0.1, 0.15) is 12.5 Å². The highest BCUT2D eigenvalue weighted by atomic mass is 19.2. The van der Waals surface area contributed by atoms with E-state index in [-0.39, 0.29) is 6.08 Å². The van der Waals surface area contributed by atoms with Gasteiger partial charge in [0, 0.05) is 0 Å². The lowest BCUT2D eigenvalue weighted by molar-refractivity contribution is 0.165. The monoisotopic (exact) mass is 703 g/mol. The van der Waals surface area contributed by atoms with E-state index in [2.05, 4.69) is 6.58 Å². The highest BCUT2D eigenvalue weighted by Crippen LogP contribution is 2.54. The second kappa shape index (κ2) is 11.4. The van der Waals surface area contributed by atoms with Crippen LogP contribution in [-0.4, -0.2) is 11.8 Å². The maximum atomic E-state index is 16.3. The van der Waals surface area contributed by atoms with Crippen molar-refractivity contribution >= 4 is 28.6 Å². The molecule has 0 amide bonds. The second-order valence-corrected chi connectivity index (χ2v) is 10.0. The van der Waals surface area contributed by atoms with Gasteiger partial charge in [-0.1, -0.05) is 18.5 Å². The van der Waals surface area contributed by atoms with Gasteiger partial charge < -0.3 is 0 Å². The SMILES string of the molecule is C=Cc1c(F)c(F)c([B-](c2c(F)c(F)c(F)c(F)c2F)(c2c(F)c(F)c(F)c(F)c2F)C2C(F)=C(F)C(F)=C(F)C2(C)F)c(F)c1F. The number of allylic oxidation sites excluding steroid dienone is 4. The van der Waals surface area contributed by atoms with Crippen LogP contribution in [0.25, 0.3) is 6.08 Å². The van der Waals surface area contributed by atoms with Crippen LogP contribution in [0.15, 0.2) is 29.9 Å². The fourth-order valence-electron chi connectivity index (χ4n) is 5.84. The van der Waals surface area contributed by atoms with Crippen molar-refractivity contribution in [3.05, 3.63) is 117 Å². The van der Waals surface area contributed by atoms with Crippen LogP contribution >= 0.6 is 0 Å². The summed E-state index contributed by atoms with van der Waals surface area (Å²) in [6.07, 6.45) is -7.12. The molecule has 2 unspecified atom stereocenters. The largest absolute Gasteiger partial charge is 0.239 e. The first kappa shape index (κ1) is 35.5. The van der Waals surface area contributed by atoms with E-state index in [9.17, 15) is 39.5 Å². The summed E-state index contributed by atoms with van der Waals surface area (Å²) in [7, 11) is 0. The van der Waals surface area contributed by atoms with Gasteiger partial charge in [0.05, 0.1) is 5.56 Å². The lowest BCUT2D eigenvalue weighted by atomic mass is 9.08. The molecule has 3 aromatic rings. The van der Waals surface area contributed by atoms with Crippen molar-refractivity contribution < 1.29 is 83.4 Å². The molecular weight excluding hydrogens is 696 g/mol. The molecule has 0 aliphatic heterocycles. The third kappa shape index (κ3) is 4.42. The Morgan fingerprint density at radius 2 is 0.745 bits per heavy atom. The number of rotatable bonds is 5. The standard InChI is InChI=1S/C27H7BF19/c1-3-4-8(29)10(31)5(11(32)9(4)30)28(6-12(33)16(37)20(41)17(38)13(6)34,7-14(35)18(39)21(42)19(40)15(7)36)25-23(44)22(43)24(45)26(46)27(25,2)47/h3,25H,1H2,2H3/q-1. The summed E-state index contributed by atoms with van der Waals surface area (Å²) in [6, 6.07) is 0. The first-order valence-electron chi connectivity index (χ1n) is 12.1. The average Bonchev–Trinajstić information content (AvgIpc) is 3.02. The summed E-state index contributed by atoms with van der Waals surface area (Å²) in [6.45, 7) is 2.14. The Hall–Kier alpha value is -4.39. The van der Waals surface area contributed by atoms with E-state index in [1.54, 1.807) is 0 Å². The molecule has 0 heterocycles. The van der Waals surface area contributed by atoms with Crippen molar-refractivity contribution in [2.45, 2.75) is 18.4 Å². The second-order valence-electron chi connectivity index (χ2n) is 10.0. The molecule has 47 heavy (non-hydrogen) atoms. The first-order valence-corrected chi connectivity index (χ1v) is 12.1. The molecule has 0 radical (unpaired) electrons. The fourth-order valence-corrected chi connectivity index (χ4v) is 5.84. The topological polar surface area (TPSA) is 0 Å². The highest BCUT2D eigenvalue weighted by molar-refractivity contribution is 7.13. The summed E-state index contributed by atoms with van der Waals surface area (Å²) >= 11 is 0. The van der Waals surface area contributed by atoms with Gasteiger partial charge in [0.2, 0.25) is 0 Å². The van der Waals surface area contributed by atoms with Crippen LogP contribution in [0.4, 0.5) is 83.4 Å². The Labute approximate surface area is 248 Å². The van der Waals surface area contributed by atoms with Crippen molar-refractivity contribution in [3.8, 4) is 0 Å². The van der Waals surface area contributed by atoms with Gasteiger partial charge in [-0.15, -0.1) is 16.4 Å². The lowest BCUT2D eigenvalue weighted by Gasteiger charge is -2.53. The third-order valence-electron chi connectivity index (χ3n) is 7.77. The van der Waals surface area contributed by atoms with Gasteiger partial charge in [0.1, 0.15) is 52.5 Å². The van der Waals surface area contributed by atoms with Gasteiger partial charge in [-0.3, -0.25) is 0 Å². The van der Waals surface area contributed by atoms with Crippen molar-refractivity contribution in [1.29, 1.82) is 0 Å². The maximum Gasteiger partial charge on any atom is 0.200 e. The van der Waals surface area contributed by atoms with Crippen LogP contribution in [0, 0.1) is 81.4 Å². The van der Waals surface area contributed by atoms with E-state index >= 15 is 43.9 Å². The molecule has 0 saturated carbocycles. The number of hydrogen-bond acceptors (Lipinski definition) is 0. The summed E-state index contributed by atoms with van der Waals surface area (Å²) in [5.74, 6) is -65.8. The van der Waals surface area contributed by atoms with Gasteiger partial charge >= 0.3 is 0 Å². The molecule has 3 aromatic carbocycles. The molecular formula is C27H7BF19-. The Kier molecular flexibility index (Phi) is 8.60. The summed E-state index contributed by atoms with van der Waals surface area (Å²) in [5.41, 5.74) is -17.3. The average molecular weight is 703 g/mol. The molecule has 0 nitrogen and oxygen atoms in total. The van der Waals surface area contributed by atoms with Crippen LogP contribution in [0.3, 0.4) is 0 Å². The summed E-state index contributed by atoms with van der Waals surface area (Å²) < 4.78 is 287. The van der Waals surface area contributed by atoms with E-state index in [1.807, 2.05) is 0 Å². The zero-order chi connectivity index (χ0) is 36.0. The third-order valence-corrected chi connectivity index (χ3v) is 7.77. The number of hydrogen-bond donors (Lipinski definition) is 0. The predicted octanol–water partition coefficient (Wildman–Crippen LogP) is 8.16. The first-order chi connectivity index (χ1) is 21.6. The van der Waals surface area contributed by atoms with Gasteiger partial charge in [-0.05, 0) is 6.92 Å². The van der Waals surface area contributed by atoms with Gasteiger partial charge in [0.25, 0.3) is 0 Å². The maximum absolute atomic E-state index is 16.3. The molecule has 0 fully saturated rings. The van der Waals surface area contributed by atoms with E-state index < -0.39 is 151 Å². The van der Waals surface area contributed by atoms with E-state index in [1.165, 1.54) is 0 Å². The number of benzene rings is 3. The van der Waals surface area contributed by atoms with Crippen molar-refractivity contribution in [1.82, 2.24) is 0 Å². The fraction of sp³-hybridized carbons (Fsp3) is 0.111. The van der Waals surface area contributed by atoms with Crippen LogP contribution in [-0.2, 0) is 0 Å². The minimum Gasteiger partial charge on any atom is -0.239 e. The molecule has 4 rings (SSSR count). The predicted molar refractivity (Wildman–Crippen MR) is 125 cm³/mol. The zero-order valence-corrected chi connectivity index (χ0v) is 22.1. The van der Waals surface area contributed by atoms with E-state index in [0.717, 1.165) is 0 Å². The molecule has 0 N–H and O–H groups in total. The van der Waals surface area contributed by atoms with Crippen molar-refractivity contribution in [2.75, 3.05) is 0 Å². The molecule has 1 aliphatic carbocycles. The molecule has 2 atom stereocenters. The summed E-state index contributed by atoms with van der Waals surface area (Å²) in [4.78, 5) is 0. The molecule has 1 aliphatic rings. The van der Waals surface area contributed by atoms with Crippen molar-refractivity contribution in [3.63, 3.8) is 0 Å². The smallest absolute Gasteiger partial charge is 0.200 e. The molecule has 0 saturated heterocycles. The lowest BCUT2D eigenvalue weighted by Crippen LogP contribution is -2.78. The van der Waals surface area contributed by atoms with Crippen LogP contribution < -0.4 is 16.4 Å². The minimum absolute atomic E-state index is 0.0934. The number of halogens is 19. The highest BCUT2D eigenvalue weighted by Gasteiger charge is 2.61. The van der Waals surface area contributed by atoms with Crippen LogP contribution in [0.2, 0.25) is 5.82 Å². The molecule has 252 valence electrons.